The molecule has 0 radical (unpaired) electrons. The number of aliphatic hydroxyl groups excluding tert-OH is 1. The van der Waals surface area contributed by atoms with E-state index in [4.69, 9.17) is 0 Å². The maximum Gasteiger partial charge on any atom is 0.220 e. The van der Waals surface area contributed by atoms with Crippen LogP contribution in [0.3, 0.4) is 0 Å². The predicted octanol–water partition coefficient (Wildman–Crippen LogP) is 2.55. The highest BCUT2D eigenvalue weighted by molar-refractivity contribution is 5.76. The zero-order valence-electron chi connectivity index (χ0n) is 11.1. The van der Waals surface area contributed by atoms with E-state index in [1.165, 1.54) is 37.1 Å². The molecule has 2 N–H and O–H groups in total. The van der Waals surface area contributed by atoms with E-state index in [2.05, 4.69) is 5.32 Å². The third-order valence-corrected chi connectivity index (χ3v) is 3.55. The van der Waals surface area contributed by atoms with Gasteiger partial charge in [0, 0.05) is 6.42 Å². The first kappa shape index (κ1) is 14.0. The lowest BCUT2D eigenvalue weighted by atomic mass is 10.0. The number of aliphatic hydroxyl groups is 1. The molecular formula is C15H20FNO2. The van der Waals surface area contributed by atoms with Crippen LogP contribution in [0.4, 0.5) is 4.39 Å². The van der Waals surface area contributed by atoms with Crippen LogP contribution in [0.15, 0.2) is 24.3 Å². The Labute approximate surface area is 112 Å². The van der Waals surface area contributed by atoms with Gasteiger partial charge in [-0.15, -0.1) is 0 Å². The molecule has 2 atom stereocenters. The minimum Gasteiger partial charge on any atom is -0.386 e. The van der Waals surface area contributed by atoms with Gasteiger partial charge in [0.2, 0.25) is 5.91 Å². The van der Waals surface area contributed by atoms with Crippen LogP contribution < -0.4 is 5.32 Å². The van der Waals surface area contributed by atoms with Crippen LogP contribution in [0, 0.1) is 11.7 Å². The van der Waals surface area contributed by atoms with Crippen LogP contribution in [0.2, 0.25) is 0 Å². The summed E-state index contributed by atoms with van der Waals surface area (Å²) >= 11 is 0. The van der Waals surface area contributed by atoms with Crippen molar-refractivity contribution in [3.63, 3.8) is 0 Å². The standard InChI is InChI=1S/C15H20FNO2/c1-10(17-14(18)9-4-11-2-3-11)15(19)12-5-7-13(16)8-6-12/h5-8,10-11,15,19H,2-4,9H2,1H3,(H,17,18). The first-order chi connectivity index (χ1) is 9.06. The molecule has 0 bridgehead atoms. The molecule has 4 heteroatoms. The third-order valence-electron chi connectivity index (χ3n) is 3.55. The highest BCUT2D eigenvalue weighted by Crippen LogP contribution is 2.33. The van der Waals surface area contributed by atoms with E-state index < -0.39 is 6.10 Å². The number of hydrogen-bond donors (Lipinski definition) is 2. The fraction of sp³-hybridized carbons (Fsp3) is 0.533. The van der Waals surface area contributed by atoms with Crippen LogP contribution in [0.1, 0.15) is 44.3 Å². The molecule has 1 fully saturated rings. The molecule has 2 unspecified atom stereocenters. The Hall–Kier alpha value is -1.42. The first-order valence-corrected chi connectivity index (χ1v) is 6.79. The Balaban J connectivity index is 1.81. The number of carbonyl (C=O) groups excluding carboxylic acids is 1. The van der Waals surface area contributed by atoms with Gasteiger partial charge in [0.15, 0.2) is 0 Å². The fourth-order valence-corrected chi connectivity index (χ4v) is 2.10. The minimum absolute atomic E-state index is 0.0273. The SMILES string of the molecule is CC(NC(=O)CCC1CC1)C(O)c1ccc(F)cc1. The molecule has 0 spiro atoms. The van der Waals surface area contributed by atoms with Crippen LogP contribution in [0.5, 0.6) is 0 Å². The quantitative estimate of drug-likeness (QED) is 0.830. The summed E-state index contributed by atoms with van der Waals surface area (Å²) in [7, 11) is 0. The molecule has 1 aliphatic carbocycles. The third kappa shape index (κ3) is 4.31. The summed E-state index contributed by atoms with van der Waals surface area (Å²) < 4.78 is 12.8. The highest BCUT2D eigenvalue weighted by atomic mass is 19.1. The van der Waals surface area contributed by atoms with Gasteiger partial charge in [-0.1, -0.05) is 25.0 Å². The molecule has 1 aliphatic rings. The molecular weight excluding hydrogens is 245 g/mol. The summed E-state index contributed by atoms with van der Waals surface area (Å²) in [6.45, 7) is 1.75. The van der Waals surface area contributed by atoms with Gasteiger partial charge in [-0.25, -0.2) is 4.39 Å². The van der Waals surface area contributed by atoms with Crippen molar-refractivity contribution in [3.8, 4) is 0 Å². The maximum atomic E-state index is 12.8. The number of halogens is 1. The number of amides is 1. The Bertz CT molecular complexity index is 428. The summed E-state index contributed by atoms with van der Waals surface area (Å²) in [5.74, 6) is 0.362. The summed E-state index contributed by atoms with van der Waals surface area (Å²) in [5.41, 5.74) is 0.608. The van der Waals surface area contributed by atoms with Crippen molar-refractivity contribution in [1.29, 1.82) is 0 Å². The summed E-state index contributed by atoms with van der Waals surface area (Å²) in [5, 5.41) is 12.9. The van der Waals surface area contributed by atoms with Crippen molar-refractivity contribution in [2.75, 3.05) is 0 Å². The average molecular weight is 265 g/mol. The van der Waals surface area contributed by atoms with E-state index in [-0.39, 0.29) is 17.8 Å². The molecule has 19 heavy (non-hydrogen) atoms. The smallest absolute Gasteiger partial charge is 0.220 e. The van der Waals surface area contributed by atoms with Gasteiger partial charge in [0.05, 0.1) is 12.1 Å². The van der Waals surface area contributed by atoms with E-state index in [9.17, 15) is 14.3 Å². The number of nitrogens with one attached hydrogen (secondary N) is 1. The van der Waals surface area contributed by atoms with Crippen molar-refractivity contribution >= 4 is 5.91 Å². The fourth-order valence-electron chi connectivity index (χ4n) is 2.10. The van der Waals surface area contributed by atoms with Crippen LogP contribution in [0.25, 0.3) is 0 Å². The Kier molecular flexibility index (Phi) is 4.53. The van der Waals surface area contributed by atoms with Crippen LogP contribution in [-0.4, -0.2) is 17.1 Å². The lowest BCUT2D eigenvalue weighted by molar-refractivity contribution is -0.122. The monoisotopic (exact) mass is 265 g/mol. The topological polar surface area (TPSA) is 49.3 Å². The van der Waals surface area contributed by atoms with E-state index >= 15 is 0 Å². The van der Waals surface area contributed by atoms with E-state index in [0.29, 0.717) is 12.0 Å². The molecule has 3 nitrogen and oxygen atoms in total. The molecule has 0 heterocycles. The highest BCUT2D eigenvalue weighted by Gasteiger charge is 2.23. The predicted molar refractivity (Wildman–Crippen MR) is 70.9 cm³/mol. The average Bonchev–Trinajstić information content (AvgIpc) is 3.20. The van der Waals surface area contributed by atoms with E-state index in [1.807, 2.05) is 0 Å². The Morgan fingerprint density at radius 1 is 1.42 bits per heavy atom. The second-order valence-corrected chi connectivity index (χ2v) is 5.33. The molecule has 0 aliphatic heterocycles. The number of benzene rings is 1. The maximum absolute atomic E-state index is 12.8. The minimum atomic E-state index is -0.814. The zero-order chi connectivity index (χ0) is 13.8. The van der Waals surface area contributed by atoms with E-state index in [0.717, 1.165) is 12.3 Å². The largest absolute Gasteiger partial charge is 0.386 e. The first-order valence-electron chi connectivity index (χ1n) is 6.79. The second kappa shape index (κ2) is 6.15. The summed E-state index contributed by atoms with van der Waals surface area (Å²) in [4.78, 5) is 11.7. The molecule has 1 amide bonds. The molecule has 104 valence electrons. The van der Waals surface area contributed by atoms with Gasteiger partial charge in [-0.3, -0.25) is 4.79 Å². The van der Waals surface area contributed by atoms with Gasteiger partial charge in [-0.2, -0.15) is 0 Å². The van der Waals surface area contributed by atoms with Crippen molar-refractivity contribution < 1.29 is 14.3 Å². The summed E-state index contributed by atoms with van der Waals surface area (Å²) in [6.07, 6.45) is 3.11. The number of rotatable bonds is 6. The normalized spacial score (nSPS) is 17.8. The zero-order valence-corrected chi connectivity index (χ0v) is 11.1. The Morgan fingerprint density at radius 3 is 2.63 bits per heavy atom. The van der Waals surface area contributed by atoms with Gasteiger partial charge in [0.25, 0.3) is 0 Å². The lowest BCUT2D eigenvalue weighted by Crippen LogP contribution is -2.37. The van der Waals surface area contributed by atoms with Crippen molar-refractivity contribution in [3.05, 3.63) is 35.6 Å². The van der Waals surface area contributed by atoms with Gasteiger partial charge < -0.3 is 10.4 Å². The lowest BCUT2D eigenvalue weighted by Gasteiger charge is -2.20. The van der Waals surface area contributed by atoms with Crippen LogP contribution in [-0.2, 0) is 4.79 Å². The van der Waals surface area contributed by atoms with Crippen molar-refractivity contribution in [2.45, 2.75) is 44.8 Å². The van der Waals surface area contributed by atoms with Crippen molar-refractivity contribution in [1.82, 2.24) is 5.32 Å². The summed E-state index contributed by atoms with van der Waals surface area (Å²) in [6, 6.07) is 5.30. The van der Waals surface area contributed by atoms with Gasteiger partial charge >= 0.3 is 0 Å². The molecule has 1 aromatic carbocycles. The Morgan fingerprint density at radius 2 is 2.05 bits per heavy atom. The molecule has 0 aromatic heterocycles. The second-order valence-electron chi connectivity index (χ2n) is 5.33. The van der Waals surface area contributed by atoms with Crippen molar-refractivity contribution in [2.24, 2.45) is 5.92 Å². The van der Waals surface area contributed by atoms with Gasteiger partial charge in [0.1, 0.15) is 5.82 Å². The van der Waals surface area contributed by atoms with E-state index in [1.54, 1.807) is 6.92 Å². The number of hydrogen-bond acceptors (Lipinski definition) is 2. The molecule has 1 saturated carbocycles. The number of carbonyl (C=O) groups is 1. The van der Waals surface area contributed by atoms with Crippen LogP contribution >= 0.6 is 0 Å². The molecule has 1 aromatic rings. The van der Waals surface area contributed by atoms with Gasteiger partial charge in [-0.05, 0) is 37.0 Å². The molecule has 2 rings (SSSR count). The molecule has 0 saturated heterocycles.